The number of rotatable bonds is 3. The van der Waals surface area contributed by atoms with E-state index < -0.39 is 0 Å². The zero-order valence-electron chi connectivity index (χ0n) is 8.20. The molecule has 0 unspecified atom stereocenters. The molecule has 0 saturated heterocycles. The van der Waals surface area contributed by atoms with Crippen LogP contribution in [0.1, 0.15) is 5.82 Å². The number of benzene rings is 1. The third-order valence-corrected chi connectivity index (χ3v) is 2.69. The van der Waals surface area contributed by atoms with Gasteiger partial charge in [-0.25, -0.2) is 4.98 Å². The number of hydrogen-bond acceptors (Lipinski definition) is 2. The number of hydrogen-bond donors (Lipinski definition) is 2. The monoisotopic (exact) mass is 265 g/mol. The molecule has 3 N–H and O–H groups in total. The van der Waals surface area contributed by atoms with Crippen LogP contribution >= 0.6 is 15.9 Å². The van der Waals surface area contributed by atoms with E-state index in [0.29, 0.717) is 6.54 Å². The molecule has 15 heavy (non-hydrogen) atoms. The molecule has 1 heterocycles. The lowest BCUT2D eigenvalue weighted by Crippen LogP contribution is -2.03. The lowest BCUT2D eigenvalue weighted by atomic mass is 10.2. The fraction of sp³-hybridized carbons (Fsp3) is 0.182. The van der Waals surface area contributed by atoms with Gasteiger partial charge in [0.15, 0.2) is 0 Å². The van der Waals surface area contributed by atoms with Gasteiger partial charge in [0.25, 0.3) is 0 Å². The molecule has 0 aliphatic heterocycles. The van der Waals surface area contributed by atoms with Crippen molar-refractivity contribution in [3.63, 3.8) is 0 Å². The van der Waals surface area contributed by atoms with Crippen LogP contribution in [0.5, 0.6) is 0 Å². The second kappa shape index (κ2) is 4.59. The average Bonchev–Trinajstić information content (AvgIpc) is 2.68. The lowest BCUT2D eigenvalue weighted by Gasteiger charge is -1.97. The molecule has 0 fully saturated rings. The molecule has 0 amide bonds. The van der Waals surface area contributed by atoms with Gasteiger partial charge in [-0.15, -0.1) is 0 Å². The number of aromatic amines is 1. The van der Waals surface area contributed by atoms with Gasteiger partial charge < -0.3 is 10.7 Å². The van der Waals surface area contributed by atoms with Crippen molar-refractivity contribution in [2.45, 2.75) is 6.42 Å². The van der Waals surface area contributed by atoms with Crippen molar-refractivity contribution in [1.29, 1.82) is 0 Å². The van der Waals surface area contributed by atoms with Crippen LogP contribution in [0, 0.1) is 0 Å². The molecule has 0 atom stereocenters. The Morgan fingerprint density at radius 3 is 2.67 bits per heavy atom. The molecule has 1 aromatic heterocycles. The van der Waals surface area contributed by atoms with E-state index in [-0.39, 0.29) is 0 Å². The third-order valence-electron chi connectivity index (χ3n) is 2.16. The van der Waals surface area contributed by atoms with Crippen LogP contribution in [0.25, 0.3) is 11.3 Å². The van der Waals surface area contributed by atoms with E-state index in [1.54, 1.807) is 0 Å². The molecule has 0 aliphatic carbocycles. The predicted octanol–water partition coefficient (Wildman–Crippen LogP) is 2.34. The highest BCUT2D eigenvalue weighted by Crippen LogP contribution is 2.19. The molecular weight excluding hydrogens is 254 g/mol. The molecule has 0 bridgehead atoms. The summed E-state index contributed by atoms with van der Waals surface area (Å²) in [6.45, 7) is 0.618. The zero-order chi connectivity index (χ0) is 10.7. The zero-order valence-corrected chi connectivity index (χ0v) is 9.79. The number of aromatic nitrogens is 2. The molecule has 0 aliphatic rings. The maximum Gasteiger partial charge on any atom is 0.107 e. The van der Waals surface area contributed by atoms with E-state index in [1.165, 1.54) is 0 Å². The minimum absolute atomic E-state index is 0.618. The van der Waals surface area contributed by atoms with Gasteiger partial charge in [-0.2, -0.15) is 0 Å². The molecular formula is C11H12BrN3. The summed E-state index contributed by atoms with van der Waals surface area (Å²) in [7, 11) is 0. The standard InChI is InChI=1S/C11H12BrN3/c12-9-3-1-8(2-4-9)10-7-14-11(15-10)5-6-13/h1-4,7H,5-6,13H2,(H,14,15). The van der Waals surface area contributed by atoms with E-state index in [2.05, 4.69) is 25.9 Å². The van der Waals surface area contributed by atoms with Crippen LogP contribution in [0.4, 0.5) is 0 Å². The molecule has 0 saturated carbocycles. The first-order valence-corrected chi connectivity index (χ1v) is 5.59. The van der Waals surface area contributed by atoms with Gasteiger partial charge in [0.2, 0.25) is 0 Å². The summed E-state index contributed by atoms with van der Waals surface area (Å²) < 4.78 is 1.08. The van der Waals surface area contributed by atoms with Gasteiger partial charge >= 0.3 is 0 Å². The van der Waals surface area contributed by atoms with E-state index in [4.69, 9.17) is 5.73 Å². The highest BCUT2D eigenvalue weighted by molar-refractivity contribution is 9.10. The number of H-pyrrole nitrogens is 1. The van der Waals surface area contributed by atoms with Crippen molar-refractivity contribution >= 4 is 15.9 Å². The maximum atomic E-state index is 5.46. The molecule has 1 aromatic carbocycles. The van der Waals surface area contributed by atoms with E-state index >= 15 is 0 Å². The van der Waals surface area contributed by atoms with Crippen molar-refractivity contribution < 1.29 is 0 Å². The summed E-state index contributed by atoms with van der Waals surface area (Å²) in [6, 6.07) is 8.12. The maximum absolute atomic E-state index is 5.46. The second-order valence-electron chi connectivity index (χ2n) is 3.29. The van der Waals surface area contributed by atoms with Crippen molar-refractivity contribution in [3.05, 3.63) is 40.8 Å². The highest BCUT2D eigenvalue weighted by atomic mass is 79.9. The predicted molar refractivity (Wildman–Crippen MR) is 64.5 cm³/mol. The molecule has 0 radical (unpaired) electrons. The Labute approximate surface area is 96.9 Å². The minimum atomic E-state index is 0.618. The van der Waals surface area contributed by atoms with Crippen molar-refractivity contribution in [3.8, 4) is 11.3 Å². The minimum Gasteiger partial charge on any atom is -0.342 e. The summed E-state index contributed by atoms with van der Waals surface area (Å²) in [6.07, 6.45) is 2.63. The second-order valence-corrected chi connectivity index (χ2v) is 4.20. The van der Waals surface area contributed by atoms with Crippen molar-refractivity contribution in [2.24, 2.45) is 5.73 Å². The summed E-state index contributed by atoms with van der Waals surface area (Å²) in [5.41, 5.74) is 7.63. The van der Waals surface area contributed by atoms with Crippen LogP contribution in [0.2, 0.25) is 0 Å². The number of halogens is 1. The SMILES string of the molecule is NCCc1ncc(-c2ccc(Br)cc2)[nH]1. The van der Waals surface area contributed by atoms with Gasteiger partial charge in [0, 0.05) is 10.9 Å². The Hall–Kier alpha value is -1.13. The first-order chi connectivity index (χ1) is 7.29. The van der Waals surface area contributed by atoms with Crippen LogP contribution in [0.15, 0.2) is 34.9 Å². The lowest BCUT2D eigenvalue weighted by molar-refractivity contribution is 0.895. The van der Waals surface area contributed by atoms with Crippen molar-refractivity contribution in [1.82, 2.24) is 9.97 Å². The average molecular weight is 266 g/mol. The number of nitrogens with two attached hydrogens (primary N) is 1. The van der Waals surface area contributed by atoms with Gasteiger partial charge in [-0.3, -0.25) is 0 Å². The first-order valence-electron chi connectivity index (χ1n) is 4.79. The van der Waals surface area contributed by atoms with Crippen LogP contribution in [-0.4, -0.2) is 16.5 Å². The quantitative estimate of drug-likeness (QED) is 0.895. The smallest absolute Gasteiger partial charge is 0.107 e. The summed E-state index contributed by atoms with van der Waals surface area (Å²) >= 11 is 3.41. The Morgan fingerprint density at radius 2 is 2.00 bits per heavy atom. The van der Waals surface area contributed by atoms with Gasteiger partial charge in [0.05, 0.1) is 11.9 Å². The molecule has 2 aromatic rings. The van der Waals surface area contributed by atoms with E-state index in [9.17, 15) is 0 Å². The van der Waals surface area contributed by atoms with Gasteiger partial charge in [-0.1, -0.05) is 28.1 Å². The summed E-state index contributed by atoms with van der Waals surface area (Å²) in [5, 5.41) is 0. The Bertz CT molecular complexity index is 433. The number of nitrogens with one attached hydrogen (secondary N) is 1. The van der Waals surface area contributed by atoms with E-state index in [1.807, 2.05) is 30.5 Å². The summed E-state index contributed by atoms with van der Waals surface area (Å²) in [5.74, 6) is 0.940. The Morgan fingerprint density at radius 1 is 1.27 bits per heavy atom. The number of imidazole rings is 1. The third kappa shape index (κ3) is 2.46. The van der Waals surface area contributed by atoms with E-state index in [0.717, 1.165) is 28.0 Å². The highest BCUT2D eigenvalue weighted by Gasteiger charge is 2.01. The van der Waals surface area contributed by atoms with Crippen molar-refractivity contribution in [2.75, 3.05) is 6.54 Å². The molecule has 0 spiro atoms. The normalized spacial score (nSPS) is 10.5. The Kier molecular flexibility index (Phi) is 3.18. The topological polar surface area (TPSA) is 54.7 Å². The fourth-order valence-electron chi connectivity index (χ4n) is 1.40. The molecule has 78 valence electrons. The van der Waals surface area contributed by atoms with Crippen LogP contribution in [-0.2, 0) is 6.42 Å². The largest absolute Gasteiger partial charge is 0.342 e. The molecule has 4 heteroatoms. The van der Waals surface area contributed by atoms with Gasteiger partial charge in [0.1, 0.15) is 5.82 Å². The van der Waals surface area contributed by atoms with Crippen LogP contribution < -0.4 is 5.73 Å². The Balaban J connectivity index is 2.25. The fourth-order valence-corrected chi connectivity index (χ4v) is 1.67. The molecule has 3 nitrogen and oxygen atoms in total. The van der Waals surface area contributed by atoms with Crippen LogP contribution in [0.3, 0.4) is 0 Å². The summed E-state index contributed by atoms with van der Waals surface area (Å²) in [4.78, 5) is 7.50. The first kappa shape index (κ1) is 10.4. The number of nitrogens with zero attached hydrogens (tertiary/aromatic N) is 1. The van der Waals surface area contributed by atoms with Gasteiger partial charge in [-0.05, 0) is 24.2 Å². The molecule has 2 rings (SSSR count).